The van der Waals surface area contributed by atoms with Gasteiger partial charge in [-0.15, -0.1) is 0 Å². The van der Waals surface area contributed by atoms with Gasteiger partial charge in [-0.05, 0) is 23.3 Å². The number of nitrogens with zero attached hydrogens (tertiary/aromatic N) is 1. The summed E-state index contributed by atoms with van der Waals surface area (Å²) in [4.78, 5) is 15.4. The monoisotopic (exact) mass is 323 g/mol. The van der Waals surface area contributed by atoms with E-state index in [0.29, 0.717) is 25.5 Å². The Morgan fingerprint density at radius 1 is 1.04 bits per heavy atom. The minimum Gasteiger partial charge on any atom is -0.478 e. The number of carbonyl (C=O) groups is 1. The van der Waals surface area contributed by atoms with E-state index in [2.05, 4.69) is 4.98 Å². The summed E-state index contributed by atoms with van der Waals surface area (Å²) in [7, 11) is 0. The van der Waals surface area contributed by atoms with Crippen LogP contribution in [0.4, 0.5) is 0 Å². The first-order chi connectivity index (χ1) is 11.7. The molecule has 0 aliphatic heterocycles. The van der Waals surface area contributed by atoms with Gasteiger partial charge >= 0.3 is 5.97 Å². The number of aromatic nitrogens is 1. The molecule has 0 spiro atoms. The predicted molar refractivity (Wildman–Crippen MR) is 87.6 cm³/mol. The van der Waals surface area contributed by atoms with Crippen molar-refractivity contribution in [2.75, 3.05) is 0 Å². The van der Waals surface area contributed by atoms with Gasteiger partial charge in [-0.2, -0.15) is 0 Å². The van der Waals surface area contributed by atoms with Crippen molar-refractivity contribution in [2.45, 2.75) is 19.6 Å². The molecule has 0 fully saturated rings. The predicted octanol–water partition coefficient (Wildman–Crippen LogP) is 3.68. The second-order valence-electron chi connectivity index (χ2n) is 5.39. The van der Waals surface area contributed by atoms with E-state index < -0.39 is 5.97 Å². The number of rotatable bonds is 7. The van der Waals surface area contributed by atoms with Crippen molar-refractivity contribution in [1.29, 1.82) is 0 Å². The van der Waals surface area contributed by atoms with E-state index in [1.807, 2.05) is 36.4 Å². The lowest BCUT2D eigenvalue weighted by Crippen LogP contribution is -1.98. The minimum atomic E-state index is -0.945. The molecule has 1 aromatic heterocycles. The van der Waals surface area contributed by atoms with Crippen LogP contribution in [0.2, 0.25) is 0 Å². The lowest BCUT2D eigenvalue weighted by atomic mass is 10.1. The Morgan fingerprint density at radius 2 is 1.83 bits per heavy atom. The average molecular weight is 323 g/mol. The number of hydrogen-bond acceptors (Lipinski definition) is 4. The van der Waals surface area contributed by atoms with Crippen LogP contribution in [0.1, 0.15) is 33.1 Å². The van der Waals surface area contributed by atoms with Crippen LogP contribution in [-0.4, -0.2) is 16.1 Å². The Balaban J connectivity index is 1.55. The molecule has 122 valence electrons. The molecule has 0 aliphatic carbocycles. The summed E-state index contributed by atoms with van der Waals surface area (Å²) in [5, 5.41) is 9.01. The summed E-state index contributed by atoms with van der Waals surface area (Å²) >= 11 is 0. The molecule has 0 saturated heterocycles. The average Bonchev–Trinajstić information content (AvgIpc) is 3.03. The second-order valence-corrected chi connectivity index (χ2v) is 5.39. The highest BCUT2D eigenvalue weighted by molar-refractivity contribution is 5.87. The molecule has 0 radical (unpaired) electrons. The van der Waals surface area contributed by atoms with Gasteiger partial charge in [-0.25, -0.2) is 9.78 Å². The lowest BCUT2D eigenvalue weighted by Gasteiger charge is -2.01. The number of aromatic carboxylic acids is 1. The Morgan fingerprint density at radius 3 is 2.62 bits per heavy atom. The number of benzene rings is 2. The van der Waals surface area contributed by atoms with Crippen molar-refractivity contribution in [3.8, 4) is 0 Å². The first-order valence-electron chi connectivity index (χ1n) is 7.58. The third-order valence-corrected chi connectivity index (χ3v) is 3.49. The number of oxazole rings is 1. The van der Waals surface area contributed by atoms with Crippen LogP contribution in [-0.2, 0) is 24.4 Å². The molecule has 5 nitrogen and oxygen atoms in total. The molecule has 0 aliphatic rings. The van der Waals surface area contributed by atoms with Crippen molar-refractivity contribution < 1.29 is 19.1 Å². The van der Waals surface area contributed by atoms with Crippen LogP contribution in [0.15, 0.2) is 65.3 Å². The van der Waals surface area contributed by atoms with Crippen molar-refractivity contribution in [3.05, 3.63) is 89.1 Å². The van der Waals surface area contributed by atoms with Crippen molar-refractivity contribution in [2.24, 2.45) is 0 Å². The molecule has 5 heteroatoms. The van der Waals surface area contributed by atoms with Gasteiger partial charge in [0.05, 0.1) is 18.8 Å². The van der Waals surface area contributed by atoms with E-state index in [1.54, 1.807) is 24.5 Å². The first-order valence-corrected chi connectivity index (χ1v) is 7.58. The first kappa shape index (κ1) is 16.0. The van der Waals surface area contributed by atoms with Gasteiger partial charge in [0.2, 0.25) is 0 Å². The molecule has 3 aromatic rings. The summed E-state index contributed by atoms with van der Waals surface area (Å²) in [5.41, 5.74) is 2.92. The Hall–Kier alpha value is -2.92. The molecule has 24 heavy (non-hydrogen) atoms. The molecule has 0 atom stereocenters. The molecule has 3 rings (SSSR count). The van der Waals surface area contributed by atoms with E-state index >= 15 is 0 Å². The maximum atomic E-state index is 11.0. The van der Waals surface area contributed by atoms with E-state index in [9.17, 15) is 4.79 Å². The third-order valence-electron chi connectivity index (χ3n) is 3.49. The van der Waals surface area contributed by atoms with Crippen molar-refractivity contribution in [3.63, 3.8) is 0 Å². The number of carboxylic acid groups (broad SMARTS) is 1. The van der Waals surface area contributed by atoms with E-state index in [4.69, 9.17) is 14.3 Å². The van der Waals surface area contributed by atoms with Gasteiger partial charge < -0.3 is 14.3 Å². The highest BCUT2D eigenvalue weighted by Gasteiger charge is 2.08. The fourth-order valence-electron chi connectivity index (χ4n) is 2.33. The molecule has 0 bridgehead atoms. The number of hydrogen-bond donors (Lipinski definition) is 1. The zero-order chi connectivity index (χ0) is 16.8. The van der Waals surface area contributed by atoms with Crippen molar-refractivity contribution in [1.82, 2.24) is 4.98 Å². The van der Waals surface area contributed by atoms with Gasteiger partial charge in [0.1, 0.15) is 12.0 Å². The fraction of sp³-hybridized carbons (Fsp3) is 0.158. The summed E-state index contributed by atoms with van der Waals surface area (Å²) in [5.74, 6) is -0.407. The molecule has 1 heterocycles. The summed E-state index contributed by atoms with van der Waals surface area (Å²) in [6.07, 6.45) is 2.02. The fourth-order valence-corrected chi connectivity index (χ4v) is 2.33. The van der Waals surface area contributed by atoms with E-state index in [1.165, 1.54) is 0 Å². The zero-order valence-electron chi connectivity index (χ0n) is 13.0. The third kappa shape index (κ3) is 4.30. The highest BCUT2D eigenvalue weighted by atomic mass is 16.5. The smallest absolute Gasteiger partial charge is 0.335 e. The Bertz CT molecular complexity index is 811. The molecule has 0 saturated carbocycles. The highest BCUT2D eigenvalue weighted by Crippen LogP contribution is 2.13. The van der Waals surface area contributed by atoms with Crippen LogP contribution >= 0.6 is 0 Å². The molecule has 2 aromatic carbocycles. The van der Waals surface area contributed by atoms with Crippen LogP contribution in [0.25, 0.3) is 0 Å². The van der Waals surface area contributed by atoms with Gasteiger partial charge in [-0.3, -0.25) is 0 Å². The SMILES string of the molecule is O=C(O)c1cccc(Cc2nc(COCc3ccccc3)co2)c1. The van der Waals surface area contributed by atoms with Crippen LogP contribution in [0.3, 0.4) is 0 Å². The summed E-state index contributed by atoms with van der Waals surface area (Å²) < 4.78 is 11.1. The van der Waals surface area contributed by atoms with E-state index in [0.717, 1.165) is 16.8 Å². The molecular formula is C19H17NO4. The Labute approximate surface area is 139 Å². The minimum absolute atomic E-state index is 0.255. The van der Waals surface area contributed by atoms with Crippen LogP contribution in [0.5, 0.6) is 0 Å². The van der Waals surface area contributed by atoms with Crippen molar-refractivity contribution >= 4 is 5.97 Å². The summed E-state index contributed by atoms with van der Waals surface area (Å²) in [6, 6.07) is 16.7. The molecule has 1 N–H and O–H groups in total. The molecule has 0 amide bonds. The second kappa shape index (κ2) is 7.57. The topological polar surface area (TPSA) is 72.6 Å². The Kier molecular flexibility index (Phi) is 5.03. The van der Waals surface area contributed by atoms with Gasteiger partial charge in [0.25, 0.3) is 0 Å². The maximum absolute atomic E-state index is 11.0. The number of carboxylic acids is 1. The van der Waals surface area contributed by atoms with Gasteiger partial charge in [0, 0.05) is 6.42 Å². The zero-order valence-corrected chi connectivity index (χ0v) is 13.0. The summed E-state index contributed by atoms with van der Waals surface area (Å²) in [6.45, 7) is 0.886. The van der Waals surface area contributed by atoms with Gasteiger partial charge in [0.15, 0.2) is 5.89 Å². The molecule has 0 unspecified atom stereocenters. The molecular weight excluding hydrogens is 306 g/mol. The standard InChI is InChI=1S/C19H17NO4/c21-19(22)16-8-4-7-15(9-16)10-18-20-17(13-24-18)12-23-11-14-5-2-1-3-6-14/h1-9,13H,10-12H2,(H,21,22). The van der Waals surface area contributed by atoms with Crippen LogP contribution < -0.4 is 0 Å². The normalized spacial score (nSPS) is 10.7. The number of ether oxygens (including phenoxy) is 1. The largest absolute Gasteiger partial charge is 0.478 e. The lowest BCUT2D eigenvalue weighted by molar-refractivity contribution is 0.0696. The van der Waals surface area contributed by atoms with Crippen LogP contribution in [0, 0.1) is 0 Å². The quantitative estimate of drug-likeness (QED) is 0.718. The maximum Gasteiger partial charge on any atom is 0.335 e. The van der Waals surface area contributed by atoms with Gasteiger partial charge in [-0.1, -0.05) is 42.5 Å². The van der Waals surface area contributed by atoms with E-state index in [-0.39, 0.29) is 5.56 Å².